The second-order valence-corrected chi connectivity index (χ2v) is 7.16. The fourth-order valence-electron chi connectivity index (χ4n) is 3.82. The molecule has 1 fully saturated rings. The van der Waals surface area contributed by atoms with Gasteiger partial charge in [-0.25, -0.2) is 4.79 Å². The number of piperidine rings is 1. The van der Waals surface area contributed by atoms with Crippen LogP contribution in [0, 0.1) is 5.92 Å². The summed E-state index contributed by atoms with van der Waals surface area (Å²) in [7, 11) is 1.95. The number of rotatable bonds is 4. The Morgan fingerprint density at radius 3 is 2.63 bits per heavy atom. The largest absolute Gasteiger partial charge is 0.501 e. The molecule has 27 heavy (non-hydrogen) atoms. The van der Waals surface area contributed by atoms with Crippen LogP contribution in [-0.4, -0.2) is 37.7 Å². The Bertz CT molecular complexity index is 685. The van der Waals surface area contributed by atoms with Crippen molar-refractivity contribution in [3.8, 4) is 0 Å². The lowest BCUT2D eigenvalue weighted by atomic mass is 9.85. The van der Waals surface area contributed by atoms with E-state index in [9.17, 15) is 18.0 Å². The Morgan fingerprint density at radius 1 is 1.26 bits per heavy atom. The summed E-state index contributed by atoms with van der Waals surface area (Å²) >= 11 is 0. The smallest absolute Gasteiger partial charge is 0.416 e. The number of carbonyl (C=O) groups excluding carboxylic acids is 1. The number of carbonyl (C=O) groups is 1. The quantitative estimate of drug-likeness (QED) is 0.726. The first-order valence-corrected chi connectivity index (χ1v) is 9.21. The van der Waals surface area contributed by atoms with Gasteiger partial charge in [0.05, 0.1) is 30.6 Å². The van der Waals surface area contributed by atoms with Crippen molar-refractivity contribution in [3.63, 3.8) is 0 Å². The summed E-state index contributed by atoms with van der Waals surface area (Å²) in [5, 5.41) is 0. The Kier molecular flexibility index (Phi) is 6.09. The molecule has 1 aromatic rings. The van der Waals surface area contributed by atoms with Crippen molar-refractivity contribution in [2.45, 2.75) is 37.9 Å². The molecule has 0 spiro atoms. The first-order chi connectivity index (χ1) is 12.9. The van der Waals surface area contributed by atoms with E-state index >= 15 is 0 Å². The highest BCUT2D eigenvalue weighted by atomic mass is 19.4. The van der Waals surface area contributed by atoms with Crippen molar-refractivity contribution < 1.29 is 27.4 Å². The molecule has 0 aromatic heterocycles. The Balaban J connectivity index is 1.69. The SMILES string of the molecule is CN1CCC[C@H](COC(=O)C2=COCCC2)[C@@H]1c1ccc(C(F)(F)F)cc1. The zero-order chi connectivity index (χ0) is 19.4. The van der Waals surface area contributed by atoms with Crippen LogP contribution < -0.4 is 0 Å². The van der Waals surface area contributed by atoms with E-state index in [0.717, 1.165) is 43.5 Å². The summed E-state index contributed by atoms with van der Waals surface area (Å²) in [6.45, 7) is 1.71. The van der Waals surface area contributed by atoms with Gasteiger partial charge in [0.2, 0.25) is 0 Å². The van der Waals surface area contributed by atoms with Gasteiger partial charge in [-0.1, -0.05) is 12.1 Å². The molecule has 148 valence electrons. The molecule has 0 bridgehead atoms. The van der Waals surface area contributed by atoms with E-state index in [-0.39, 0.29) is 24.5 Å². The van der Waals surface area contributed by atoms with Crippen molar-refractivity contribution in [1.82, 2.24) is 4.90 Å². The van der Waals surface area contributed by atoms with Crippen LogP contribution >= 0.6 is 0 Å². The molecule has 0 unspecified atom stereocenters. The molecule has 4 nitrogen and oxygen atoms in total. The van der Waals surface area contributed by atoms with Crippen LogP contribution in [0.25, 0.3) is 0 Å². The third-order valence-electron chi connectivity index (χ3n) is 5.21. The maximum atomic E-state index is 12.8. The predicted octanol–water partition coefficient (Wildman–Crippen LogP) is 4.33. The average Bonchev–Trinajstić information content (AvgIpc) is 2.66. The number of hydrogen-bond acceptors (Lipinski definition) is 4. The second-order valence-electron chi connectivity index (χ2n) is 7.16. The van der Waals surface area contributed by atoms with Crippen LogP contribution in [0.2, 0.25) is 0 Å². The van der Waals surface area contributed by atoms with Crippen LogP contribution in [0.1, 0.15) is 42.9 Å². The number of alkyl halides is 3. The number of benzene rings is 1. The summed E-state index contributed by atoms with van der Waals surface area (Å²) in [4.78, 5) is 14.3. The van der Waals surface area contributed by atoms with Gasteiger partial charge in [0, 0.05) is 12.0 Å². The monoisotopic (exact) mass is 383 g/mol. The number of halogens is 3. The van der Waals surface area contributed by atoms with Gasteiger partial charge in [-0.15, -0.1) is 0 Å². The Hall–Kier alpha value is -2.02. The highest BCUT2D eigenvalue weighted by Gasteiger charge is 2.34. The molecule has 0 saturated carbocycles. The highest BCUT2D eigenvalue weighted by molar-refractivity contribution is 5.88. The van der Waals surface area contributed by atoms with Crippen molar-refractivity contribution >= 4 is 5.97 Å². The van der Waals surface area contributed by atoms with Crippen LogP contribution in [0.5, 0.6) is 0 Å². The first-order valence-electron chi connectivity index (χ1n) is 9.21. The number of nitrogens with zero attached hydrogens (tertiary/aromatic N) is 1. The number of hydrogen-bond donors (Lipinski definition) is 0. The Morgan fingerprint density at radius 2 is 2.00 bits per heavy atom. The first kappa shape index (κ1) is 19.7. The third-order valence-corrected chi connectivity index (χ3v) is 5.21. The van der Waals surface area contributed by atoms with E-state index < -0.39 is 11.7 Å². The molecule has 2 aliphatic rings. The van der Waals surface area contributed by atoms with Gasteiger partial charge in [0.1, 0.15) is 0 Å². The van der Waals surface area contributed by atoms with Gasteiger partial charge in [-0.3, -0.25) is 4.90 Å². The van der Waals surface area contributed by atoms with Crippen molar-refractivity contribution in [1.29, 1.82) is 0 Å². The summed E-state index contributed by atoms with van der Waals surface area (Å²) in [6.07, 6.45) is 0.376. The summed E-state index contributed by atoms with van der Waals surface area (Å²) in [5.74, 6) is -0.330. The van der Waals surface area contributed by atoms with Crippen LogP contribution in [0.4, 0.5) is 13.2 Å². The third kappa shape index (κ3) is 4.83. The second kappa shape index (κ2) is 8.33. The van der Waals surface area contributed by atoms with Gasteiger partial charge in [0.15, 0.2) is 0 Å². The number of likely N-dealkylation sites (tertiary alicyclic amines) is 1. The maximum absolute atomic E-state index is 12.8. The van der Waals surface area contributed by atoms with Crippen molar-refractivity contribution in [2.75, 3.05) is 26.8 Å². The number of ether oxygens (including phenoxy) is 2. The summed E-state index contributed by atoms with van der Waals surface area (Å²) < 4.78 is 49.1. The summed E-state index contributed by atoms with van der Waals surface area (Å²) in [5.41, 5.74) is 0.694. The maximum Gasteiger partial charge on any atom is 0.416 e. The van der Waals surface area contributed by atoms with Gasteiger partial charge < -0.3 is 9.47 Å². The van der Waals surface area contributed by atoms with Crippen molar-refractivity contribution in [3.05, 3.63) is 47.2 Å². The molecule has 2 atom stereocenters. The molecule has 0 amide bonds. The Labute approximate surface area is 156 Å². The van der Waals surface area contributed by atoms with Crippen LogP contribution in [0.3, 0.4) is 0 Å². The van der Waals surface area contributed by atoms with Gasteiger partial charge >= 0.3 is 12.1 Å². The lowest BCUT2D eigenvalue weighted by Gasteiger charge is -2.39. The fourth-order valence-corrected chi connectivity index (χ4v) is 3.82. The zero-order valence-corrected chi connectivity index (χ0v) is 15.3. The molecule has 0 aliphatic carbocycles. The lowest BCUT2D eigenvalue weighted by Crippen LogP contribution is -2.38. The molecule has 7 heteroatoms. The van der Waals surface area contributed by atoms with E-state index in [1.54, 1.807) is 0 Å². The minimum atomic E-state index is -4.35. The molecule has 2 heterocycles. The van der Waals surface area contributed by atoms with Crippen molar-refractivity contribution in [2.24, 2.45) is 5.92 Å². The van der Waals surface area contributed by atoms with E-state index in [1.807, 2.05) is 7.05 Å². The molecule has 1 saturated heterocycles. The van der Waals surface area contributed by atoms with Crippen LogP contribution in [0.15, 0.2) is 36.1 Å². The molecular weight excluding hydrogens is 359 g/mol. The topological polar surface area (TPSA) is 38.8 Å². The molecule has 0 radical (unpaired) electrons. The van der Waals surface area contributed by atoms with E-state index in [4.69, 9.17) is 9.47 Å². The molecule has 1 aromatic carbocycles. The molecule has 3 rings (SSSR count). The average molecular weight is 383 g/mol. The van der Waals surface area contributed by atoms with Crippen LogP contribution in [-0.2, 0) is 20.4 Å². The minimum absolute atomic E-state index is 0.0366. The highest BCUT2D eigenvalue weighted by Crippen LogP contribution is 2.37. The zero-order valence-electron chi connectivity index (χ0n) is 15.3. The molecular formula is C20H24F3NO3. The lowest BCUT2D eigenvalue weighted by molar-refractivity contribution is -0.142. The van der Waals surface area contributed by atoms with Gasteiger partial charge in [0.25, 0.3) is 0 Å². The van der Waals surface area contributed by atoms with E-state index in [0.29, 0.717) is 18.6 Å². The molecule has 0 N–H and O–H groups in total. The number of esters is 1. The standard InChI is InChI=1S/C20H24F3NO3/c1-24-10-2-4-15(13-27-19(25)16-5-3-11-26-12-16)18(24)14-6-8-17(9-7-14)20(21,22)23/h6-9,12,15,18H,2-5,10-11,13H2,1H3/t15-,18+/m1/s1. The fraction of sp³-hybridized carbons (Fsp3) is 0.550. The predicted molar refractivity (Wildman–Crippen MR) is 93.8 cm³/mol. The normalized spacial score (nSPS) is 24.1. The minimum Gasteiger partial charge on any atom is -0.501 e. The van der Waals surface area contributed by atoms with E-state index in [1.165, 1.54) is 18.4 Å². The van der Waals surface area contributed by atoms with E-state index in [2.05, 4.69) is 4.90 Å². The molecule has 2 aliphatic heterocycles. The van der Waals surface area contributed by atoms with Gasteiger partial charge in [-0.2, -0.15) is 13.2 Å². The summed E-state index contributed by atoms with van der Waals surface area (Å²) in [6, 6.07) is 5.21. The van der Waals surface area contributed by atoms with Gasteiger partial charge in [-0.05, 0) is 57.0 Å².